The molecular weight excluding hydrogens is 328 g/mol. The third kappa shape index (κ3) is 6.37. The molecule has 24 heavy (non-hydrogen) atoms. The molecule has 7 heteroatoms. The predicted octanol–water partition coefficient (Wildman–Crippen LogP) is 2.44. The monoisotopic (exact) mass is 352 g/mol. The number of piperidine rings is 1. The van der Waals surface area contributed by atoms with Crippen molar-refractivity contribution < 1.29 is 9.59 Å². The Balaban J connectivity index is 1.54. The zero-order chi connectivity index (χ0) is 17.4. The fraction of sp³-hybridized carbons (Fsp3) is 0.529. The molecule has 0 spiro atoms. The minimum absolute atomic E-state index is 0.0399. The van der Waals surface area contributed by atoms with Gasteiger partial charge in [-0.05, 0) is 63.5 Å². The van der Waals surface area contributed by atoms with Crippen molar-refractivity contribution in [2.75, 3.05) is 31.5 Å². The molecule has 1 aliphatic rings. The number of primary amides is 1. The fourth-order valence-electron chi connectivity index (χ4n) is 2.84. The number of anilines is 1. The first-order chi connectivity index (χ1) is 11.5. The van der Waals surface area contributed by atoms with Crippen molar-refractivity contribution in [2.24, 2.45) is 11.7 Å². The van der Waals surface area contributed by atoms with E-state index in [0.717, 1.165) is 45.3 Å². The number of carbonyl (C=O) groups excluding carboxylic acids is 2. The smallest absolute Gasteiger partial charge is 0.319 e. The number of halogens is 1. The second-order valence-corrected chi connectivity index (χ2v) is 6.55. The third-order valence-corrected chi connectivity index (χ3v) is 4.49. The molecule has 1 aromatic carbocycles. The van der Waals surface area contributed by atoms with Crippen molar-refractivity contribution in [1.82, 2.24) is 10.2 Å². The molecule has 0 radical (unpaired) electrons. The summed E-state index contributed by atoms with van der Waals surface area (Å²) in [5.74, 6) is -0.136. The van der Waals surface area contributed by atoms with Gasteiger partial charge in [0.15, 0.2) is 0 Å². The van der Waals surface area contributed by atoms with Crippen LogP contribution in [0, 0.1) is 5.92 Å². The van der Waals surface area contributed by atoms with Gasteiger partial charge < -0.3 is 21.3 Å². The number of nitrogens with zero attached hydrogens (tertiary/aromatic N) is 1. The molecule has 6 nitrogen and oxygen atoms in total. The maximum Gasteiger partial charge on any atom is 0.319 e. The lowest BCUT2D eigenvalue weighted by Gasteiger charge is -2.30. The van der Waals surface area contributed by atoms with Gasteiger partial charge in [0.1, 0.15) is 0 Å². The molecule has 132 valence electrons. The van der Waals surface area contributed by atoms with Crippen LogP contribution in [-0.2, 0) is 4.79 Å². The summed E-state index contributed by atoms with van der Waals surface area (Å²) in [6.45, 7) is 3.47. The van der Waals surface area contributed by atoms with Crippen LogP contribution in [0.15, 0.2) is 24.3 Å². The van der Waals surface area contributed by atoms with Gasteiger partial charge in [-0.15, -0.1) is 0 Å². The normalized spacial score (nSPS) is 15.9. The van der Waals surface area contributed by atoms with E-state index in [1.165, 1.54) is 0 Å². The highest BCUT2D eigenvalue weighted by atomic mass is 35.5. The van der Waals surface area contributed by atoms with Crippen molar-refractivity contribution in [3.05, 3.63) is 29.3 Å². The number of carbonyl (C=O) groups is 2. The number of amides is 3. The van der Waals surface area contributed by atoms with E-state index in [2.05, 4.69) is 15.5 Å². The first kappa shape index (κ1) is 18.5. The van der Waals surface area contributed by atoms with Crippen molar-refractivity contribution in [3.8, 4) is 0 Å². The molecule has 1 saturated heterocycles. The second-order valence-electron chi connectivity index (χ2n) is 6.12. The summed E-state index contributed by atoms with van der Waals surface area (Å²) in [6, 6.07) is 6.83. The Morgan fingerprint density at radius 2 is 2.00 bits per heavy atom. The second kappa shape index (κ2) is 9.49. The largest absolute Gasteiger partial charge is 0.369 e. The Bertz CT molecular complexity index is 559. The van der Waals surface area contributed by atoms with Crippen LogP contribution in [0.4, 0.5) is 10.5 Å². The number of benzene rings is 1. The zero-order valence-electron chi connectivity index (χ0n) is 13.8. The summed E-state index contributed by atoms with van der Waals surface area (Å²) < 4.78 is 0. The van der Waals surface area contributed by atoms with Gasteiger partial charge in [-0.1, -0.05) is 17.7 Å². The van der Waals surface area contributed by atoms with Gasteiger partial charge in [0.25, 0.3) is 0 Å². The van der Waals surface area contributed by atoms with E-state index in [9.17, 15) is 9.59 Å². The maximum atomic E-state index is 11.8. The van der Waals surface area contributed by atoms with Gasteiger partial charge in [0.2, 0.25) is 5.91 Å². The highest BCUT2D eigenvalue weighted by molar-refractivity contribution is 6.30. The van der Waals surface area contributed by atoms with Gasteiger partial charge >= 0.3 is 6.03 Å². The number of hydrogen-bond donors (Lipinski definition) is 3. The summed E-state index contributed by atoms with van der Waals surface area (Å²) in [5, 5.41) is 6.18. The molecule has 0 atom stereocenters. The average molecular weight is 353 g/mol. The van der Waals surface area contributed by atoms with Gasteiger partial charge in [0.05, 0.1) is 0 Å². The Morgan fingerprint density at radius 1 is 1.25 bits per heavy atom. The van der Waals surface area contributed by atoms with E-state index in [4.69, 9.17) is 17.3 Å². The van der Waals surface area contributed by atoms with Crippen LogP contribution in [-0.4, -0.2) is 43.0 Å². The SMILES string of the molecule is NC(=O)C1CCN(CCCCNC(=O)Nc2cccc(Cl)c2)CC1. The van der Waals surface area contributed by atoms with Gasteiger partial charge in [0, 0.05) is 23.2 Å². The summed E-state index contributed by atoms with van der Waals surface area (Å²) in [4.78, 5) is 25.2. The Labute approximate surface area is 147 Å². The van der Waals surface area contributed by atoms with E-state index < -0.39 is 0 Å². The lowest BCUT2D eigenvalue weighted by molar-refractivity contribution is -0.123. The van der Waals surface area contributed by atoms with Gasteiger partial charge in [-0.2, -0.15) is 0 Å². The van der Waals surface area contributed by atoms with Crippen LogP contribution >= 0.6 is 11.6 Å². The van der Waals surface area contributed by atoms with Crippen LogP contribution in [0.2, 0.25) is 5.02 Å². The van der Waals surface area contributed by atoms with Crippen molar-refractivity contribution >= 4 is 29.2 Å². The zero-order valence-corrected chi connectivity index (χ0v) is 14.5. The predicted molar refractivity (Wildman–Crippen MR) is 96.1 cm³/mol. The molecule has 0 aliphatic carbocycles. The number of likely N-dealkylation sites (tertiary alicyclic amines) is 1. The highest BCUT2D eigenvalue weighted by Gasteiger charge is 2.22. The molecule has 0 saturated carbocycles. The Morgan fingerprint density at radius 3 is 2.67 bits per heavy atom. The molecule has 1 aliphatic heterocycles. The first-order valence-electron chi connectivity index (χ1n) is 8.36. The van der Waals surface area contributed by atoms with Crippen LogP contribution in [0.3, 0.4) is 0 Å². The number of urea groups is 1. The van der Waals surface area contributed by atoms with E-state index >= 15 is 0 Å². The molecule has 3 amide bonds. The number of rotatable bonds is 7. The molecule has 1 fully saturated rings. The lowest BCUT2D eigenvalue weighted by Crippen LogP contribution is -2.39. The number of nitrogens with one attached hydrogen (secondary N) is 2. The third-order valence-electron chi connectivity index (χ3n) is 4.26. The quantitative estimate of drug-likeness (QED) is 0.658. The summed E-state index contributed by atoms with van der Waals surface area (Å²) in [7, 11) is 0. The van der Waals surface area contributed by atoms with Gasteiger partial charge in [-0.25, -0.2) is 4.79 Å². The Hall–Kier alpha value is -1.79. The van der Waals surface area contributed by atoms with Crippen molar-refractivity contribution in [2.45, 2.75) is 25.7 Å². The van der Waals surface area contributed by atoms with Crippen LogP contribution in [0.25, 0.3) is 0 Å². The summed E-state index contributed by atoms with van der Waals surface area (Å²) in [6.07, 6.45) is 3.64. The summed E-state index contributed by atoms with van der Waals surface area (Å²) >= 11 is 5.87. The number of unbranched alkanes of at least 4 members (excludes halogenated alkanes) is 1. The van der Waals surface area contributed by atoms with Crippen LogP contribution < -0.4 is 16.4 Å². The van der Waals surface area contributed by atoms with Crippen molar-refractivity contribution in [1.29, 1.82) is 0 Å². The standard InChI is InChI=1S/C17H25ClN4O2/c18-14-4-3-5-15(12-14)21-17(24)20-8-1-2-9-22-10-6-13(7-11-22)16(19)23/h3-5,12-13H,1-2,6-11H2,(H2,19,23)(H2,20,21,24). The van der Waals surface area contributed by atoms with E-state index in [-0.39, 0.29) is 17.9 Å². The number of hydrogen-bond acceptors (Lipinski definition) is 3. The minimum atomic E-state index is -0.223. The molecule has 0 unspecified atom stereocenters. The first-order valence-corrected chi connectivity index (χ1v) is 8.74. The molecule has 1 aromatic rings. The molecular formula is C17H25ClN4O2. The number of nitrogens with two attached hydrogens (primary N) is 1. The van der Waals surface area contributed by atoms with Crippen molar-refractivity contribution in [3.63, 3.8) is 0 Å². The minimum Gasteiger partial charge on any atom is -0.369 e. The highest BCUT2D eigenvalue weighted by Crippen LogP contribution is 2.17. The molecule has 4 N–H and O–H groups in total. The summed E-state index contributed by atoms with van der Waals surface area (Å²) in [5.41, 5.74) is 6.01. The van der Waals surface area contributed by atoms with Crippen LogP contribution in [0.5, 0.6) is 0 Å². The van der Waals surface area contributed by atoms with E-state index in [0.29, 0.717) is 17.3 Å². The maximum absolute atomic E-state index is 11.8. The van der Waals surface area contributed by atoms with Gasteiger partial charge in [-0.3, -0.25) is 4.79 Å². The Kier molecular flexibility index (Phi) is 7.34. The van der Waals surface area contributed by atoms with E-state index in [1.54, 1.807) is 24.3 Å². The van der Waals surface area contributed by atoms with E-state index in [1.807, 2.05) is 0 Å². The average Bonchev–Trinajstić information content (AvgIpc) is 2.55. The molecule has 1 heterocycles. The molecule has 0 bridgehead atoms. The molecule has 0 aromatic heterocycles. The topological polar surface area (TPSA) is 87.5 Å². The molecule has 2 rings (SSSR count). The fourth-order valence-corrected chi connectivity index (χ4v) is 3.04. The van der Waals surface area contributed by atoms with Crippen LogP contribution in [0.1, 0.15) is 25.7 Å². The lowest BCUT2D eigenvalue weighted by atomic mass is 9.96.